The van der Waals surface area contributed by atoms with E-state index in [0.717, 1.165) is 0 Å². The first-order valence-electron chi connectivity index (χ1n) is 4.48. The maximum atomic E-state index is 9.85. The Balaban J connectivity index is -0.000000256. The second-order valence-electron chi connectivity index (χ2n) is 3.09. The van der Waals surface area contributed by atoms with Gasteiger partial charge in [-0.05, 0) is 0 Å². The molecule has 0 aliphatic rings. The van der Waals surface area contributed by atoms with Gasteiger partial charge in [-0.3, -0.25) is 19.2 Å². The molecule has 0 bridgehead atoms. The Morgan fingerprint density at radius 1 is 0.737 bits per heavy atom. The third kappa shape index (κ3) is 16.3. The second-order valence-corrected chi connectivity index (χ2v) is 3.09. The zero-order chi connectivity index (χ0) is 14.9. The Morgan fingerprint density at radius 2 is 0.947 bits per heavy atom. The molecule has 0 fully saturated rings. The van der Waals surface area contributed by atoms with Gasteiger partial charge in [0, 0.05) is 17.1 Å². The molecule has 0 unspecified atom stereocenters. The van der Waals surface area contributed by atoms with Gasteiger partial charge in [-0.1, -0.05) is 0 Å². The molecule has 2 atom stereocenters. The number of carbonyl (C=O) groups is 4. The molecule has 112 valence electrons. The second kappa shape index (κ2) is 11.4. The molecule has 0 aliphatic heterocycles. The van der Waals surface area contributed by atoms with Crippen LogP contribution in [0.3, 0.4) is 0 Å². The average molecular weight is 322 g/mol. The molecule has 0 heterocycles. The van der Waals surface area contributed by atoms with Crippen molar-refractivity contribution in [1.82, 2.24) is 0 Å². The van der Waals surface area contributed by atoms with E-state index in [0.29, 0.717) is 0 Å². The van der Waals surface area contributed by atoms with Gasteiger partial charge < -0.3 is 31.9 Å². The van der Waals surface area contributed by atoms with Crippen LogP contribution in [-0.2, 0) is 36.2 Å². The predicted octanol–water partition coefficient (Wildman–Crippen LogP) is -2.26. The number of carboxylic acid groups (broad SMARTS) is 4. The summed E-state index contributed by atoms with van der Waals surface area (Å²) < 4.78 is 0. The first kappa shape index (κ1) is 22.5. The molecule has 0 saturated heterocycles. The van der Waals surface area contributed by atoms with Crippen LogP contribution in [0.4, 0.5) is 0 Å². The van der Waals surface area contributed by atoms with Crippen molar-refractivity contribution >= 4 is 23.9 Å². The van der Waals surface area contributed by atoms with E-state index in [1.54, 1.807) is 0 Å². The third-order valence-electron chi connectivity index (χ3n) is 1.42. The van der Waals surface area contributed by atoms with Gasteiger partial charge in [0.25, 0.3) is 0 Å². The number of nitrogens with two attached hydrogens (primary N) is 2. The monoisotopic (exact) mass is 322 g/mol. The van der Waals surface area contributed by atoms with Gasteiger partial charge in [0.2, 0.25) is 0 Å². The van der Waals surface area contributed by atoms with Crippen molar-refractivity contribution in [1.29, 1.82) is 0 Å². The molecular formula is C8H14FeN2O8. The van der Waals surface area contributed by atoms with Crippen LogP contribution >= 0.6 is 0 Å². The van der Waals surface area contributed by atoms with Crippen molar-refractivity contribution in [2.75, 3.05) is 0 Å². The van der Waals surface area contributed by atoms with Gasteiger partial charge in [-0.15, -0.1) is 0 Å². The summed E-state index contributed by atoms with van der Waals surface area (Å²) >= 11 is 0. The largest absolute Gasteiger partial charge is 0.481 e. The van der Waals surface area contributed by atoms with Crippen LogP contribution in [0.5, 0.6) is 0 Å². The Labute approximate surface area is 117 Å². The molecule has 0 saturated carbocycles. The van der Waals surface area contributed by atoms with E-state index in [4.69, 9.17) is 31.9 Å². The Hall–Kier alpha value is -1.68. The topological polar surface area (TPSA) is 201 Å². The Bertz CT molecular complexity index is 303. The quantitative estimate of drug-likeness (QED) is 0.290. The minimum absolute atomic E-state index is 0. The number of rotatable bonds is 6. The van der Waals surface area contributed by atoms with Gasteiger partial charge in [-0.2, -0.15) is 0 Å². The molecule has 0 rings (SSSR count). The maximum Gasteiger partial charge on any atom is 0.321 e. The van der Waals surface area contributed by atoms with E-state index in [2.05, 4.69) is 0 Å². The molecule has 0 aromatic carbocycles. The number of hydrogen-bond donors (Lipinski definition) is 6. The van der Waals surface area contributed by atoms with Gasteiger partial charge in [0.05, 0.1) is 12.8 Å². The van der Waals surface area contributed by atoms with Gasteiger partial charge in [-0.25, -0.2) is 0 Å². The van der Waals surface area contributed by atoms with Crippen LogP contribution in [0, 0.1) is 0 Å². The van der Waals surface area contributed by atoms with E-state index in [1.807, 2.05) is 0 Å². The zero-order valence-corrected chi connectivity index (χ0v) is 10.6. The molecule has 8 N–H and O–H groups in total. The molecule has 10 nitrogen and oxygen atoms in total. The molecule has 0 radical (unpaired) electrons. The minimum atomic E-state index is -1.29. The predicted molar refractivity (Wildman–Crippen MR) is 55.7 cm³/mol. The van der Waals surface area contributed by atoms with Crippen LogP contribution in [0.2, 0.25) is 0 Å². The molecule has 11 heteroatoms. The summed E-state index contributed by atoms with van der Waals surface area (Å²) in [7, 11) is 0. The maximum absolute atomic E-state index is 9.85. The fourth-order valence-electron chi connectivity index (χ4n) is 0.551. The summed E-state index contributed by atoms with van der Waals surface area (Å²) in [6.07, 6.45) is -1.06. The summed E-state index contributed by atoms with van der Waals surface area (Å²) in [4.78, 5) is 39.2. The van der Waals surface area contributed by atoms with Gasteiger partial charge in [0.15, 0.2) is 0 Å². The summed E-state index contributed by atoms with van der Waals surface area (Å²) in [5.41, 5.74) is 9.67. The van der Waals surface area contributed by atoms with Crippen LogP contribution in [0.1, 0.15) is 12.8 Å². The van der Waals surface area contributed by atoms with Crippen molar-refractivity contribution in [3.05, 3.63) is 0 Å². The van der Waals surface area contributed by atoms with Crippen LogP contribution < -0.4 is 11.5 Å². The minimum Gasteiger partial charge on any atom is -0.481 e. The van der Waals surface area contributed by atoms with Crippen molar-refractivity contribution < 1.29 is 56.7 Å². The van der Waals surface area contributed by atoms with Crippen LogP contribution in [-0.4, -0.2) is 56.4 Å². The Kier molecular flexibility index (Phi) is 13.5. The van der Waals surface area contributed by atoms with Gasteiger partial charge in [0.1, 0.15) is 12.1 Å². The SMILES string of the molecule is N[C@@H](CC(=O)O)C(=O)O.N[C@@H](CC(=O)O)C(=O)O.[Fe]. The Morgan fingerprint density at radius 3 is 1.00 bits per heavy atom. The van der Waals surface area contributed by atoms with E-state index in [9.17, 15) is 19.2 Å². The zero-order valence-electron chi connectivity index (χ0n) is 9.50. The normalized spacial score (nSPS) is 11.9. The molecule has 0 aromatic rings. The first-order valence-corrected chi connectivity index (χ1v) is 4.48. The average Bonchev–Trinajstić information content (AvgIpc) is 2.16. The number of hydrogen-bond acceptors (Lipinski definition) is 6. The standard InChI is InChI=1S/2C4H7NO4.Fe/c2*5-2(4(8)9)1-3(6)7;/h2*2H,1,5H2,(H,6,7)(H,8,9);/t2*2-;/m00./s1. The van der Waals surface area contributed by atoms with E-state index >= 15 is 0 Å². The summed E-state index contributed by atoms with van der Waals surface area (Å²) in [5.74, 6) is -5.00. The van der Waals surface area contributed by atoms with Gasteiger partial charge >= 0.3 is 23.9 Å². The first-order chi connectivity index (χ1) is 8.07. The van der Waals surface area contributed by atoms with Crippen LogP contribution in [0.15, 0.2) is 0 Å². The molecule has 19 heavy (non-hydrogen) atoms. The van der Waals surface area contributed by atoms with Crippen LogP contribution in [0.25, 0.3) is 0 Å². The number of aliphatic carboxylic acids is 4. The molecule has 0 aromatic heterocycles. The fourth-order valence-corrected chi connectivity index (χ4v) is 0.551. The number of carboxylic acids is 4. The molecule has 0 spiro atoms. The fraction of sp³-hybridized carbons (Fsp3) is 0.500. The summed E-state index contributed by atoms with van der Waals surface area (Å²) in [6.45, 7) is 0. The van der Waals surface area contributed by atoms with Crippen molar-refractivity contribution in [2.45, 2.75) is 24.9 Å². The van der Waals surface area contributed by atoms with Crippen molar-refractivity contribution in [3.8, 4) is 0 Å². The smallest absolute Gasteiger partial charge is 0.321 e. The van der Waals surface area contributed by atoms with Crippen molar-refractivity contribution in [3.63, 3.8) is 0 Å². The van der Waals surface area contributed by atoms with E-state index < -0.39 is 48.8 Å². The van der Waals surface area contributed by atoms with Crippen molar-refractivity contribution in [2.24, 2.45) is 11.5 Å². The van der Waals surface area contributed by atoms with E-state index in [1.165, 1.54) is 0 Å². The summed E-state index contributed by atoms with van der Waals surface area (Å²) in [5, 5.41) is 32.1. The third-order valence-corrected chi connectivity index (χ3v) is 1.42. The molecule has 0 amide bonds. The molecule has 0 aliphatic carbocycles. The molecular weight excluding hydrogens is 308 g/mol. The summed E-state index contributed by atoms with van der Waals surface area (Å²) in [6, 6.07) is -2.58. The van der Waals surface area contributed by atoms with E-state index in [-0.39, 0.29) is 17.1 Å².